The molecule has 224 valence electrons. The molecule has 1 N–H and O–H groups in total. The van der Waals surface area contributed by atoms with Crippen molar-refractivity contribution < 1.29 is 35.8 Å². The van der Waals surface area contributed by atoms with Gasteiger partial charge in [-0.1, -0.05) is 40.7 Å². The van der Waals surface area contributed by atoms with Crippen molar-refractivity contribution in [3.63, 3.8) is 0 Å². The molecule has 1 aromatic carbocycles. The monoisotopic (exact) mass is 660 g/mol. The third-order valence-electron chi connectivity index (χ3n) is 6.90. The number of thioether (sulfide) groups is 1. The highest BCUT2D eigenvalue weighted by molar-refractivity contribution is 7.99. The minimum absolute atomic E-state index is 0.108. The van der Waals surface area contributed by atoms with Gasteiger partial charge in [0.15, 0.2) is 6.10 Å². The fourth-order valence-corrected chi connectivity index (χ4v) is 7.75. The molecule has 0 aliphatic carbocycles. The smallest absolute Gasteiger partial charge is 0.387 e. The predicted molar refractivity (Wildman–Crippen MR) is 152 cm³/mol. The van der Waals surface area contributed by atoms with E-state index in [-0.39, 0.29) is 22.6 Å². The number of pyridine rings is 1. The molecule has 1 fully saturated rings. The number of carbonyl (C=O) groups excluding carboxylic acids is 1. The summed E-state index contributed by atoms with van der Waals surface area (Å²) in [7, 11) is -4.29. The van der Waals surface area contributed by atoms with Gasteiger partial charge in [-0.05, 0) is 36.6 Å². The number of rotatable bonds is 8. The first kappa shape index (κ1) is 30.7. The molecule has 0 spiro atoms. The highest BCUT2D eigenvalue weighted by Gasteiger charge is 2.35. The lowest BCUT2D eigenvalue weighted by Gasteiger charge is -2.31. The first-order chi connectivity index (χ1) is 19.9. The molecule has 1 unspecified atom stereocenters. The van der Waals surface area contributed by atoms with Gasteiger partial charge in [-0.15, -0.1) is 11.3 Å². The number of hydrogen-bond donors (Lipinski definition) is 1. The van der Waals surface area contributed by atoms with Crippen LogP contribution in [0.2, 0.25) is 5.02 Å². The SMILES string of the molecule is O=C(CSc1ncccc1C(F)(F)F)N1CCC(c2nc(C3=NOC(c4c(Cl)cccc4CS(=O)(=O)O)C3)cs2)CC1. The van der Waals surface area contributed by atoms with Crippen molar-refractivity contribution in [2.75, 3.05) is 18.8 Å². The number of alkyl halides is 3. The number of thiazole rings is 1. The summed E-state index contributed by atoms with van der Waals surface area (Å²) < 4.78 is 71.9. The first-order valence-corrected chi connectivity index (χ1v) is 16.6. The number of carbonyl (C=O) groups is 1. The zero-order chi connectivity index (χ0) is 30.1. The quantitative estimate of drug-likeness (QED) is 0.232. The Balaban J connectivity index is 1.16. The number of hydrogen-bond acceptors (Lipinski definition) is 9. The lowest BCUT2D eigenvalue weighted by molar-refractivity contribution is -0.140. The first-order valence-electron chi connectivity index (χ1n) is 12.7. The number of nitrogens with zero attached hydrogens (tertiary/aromatic N) is 4. The van der Waals surface area contributed by atoms with E-state index in [2.05, 4.69) is 10.1 Å². The summed E-state index contributed by atoms with van der Waals surface area (Å²) in [4.78, 5) is 28.5. The molecule has 42 heavy (non-hydrogen) atoms. The van der Waals surface area contributed by atoms with E-state index in [1.807, 2.05) is 5.38 Å². The summed E-state index contributed by atoms with van der Waals surface area (Å²) in [5.41, 5.74) is 1.13. The van der Waals surface area contributed by atoms with Crippen LogP contribution in [0.4, 0.5) is 13.2 Å². The van der Waals surface area contributed by atoms with Crippen LogP contribution in [0, 0.1) is 0 Å². The van der Waals surface area contributed by atoms with Crippen molar-refractivity contribution in [2.45, 2.75) is 48.2 Å². The fourth-order valence-electron chi connectivity index (χ4n) is 4.87. The van der Waals surface area contributed by atoms with Gasteiger partial charge in [0.25, 0.3) is 10.1 Å². The van der Waals surface area contributed by atoms with Gasteiger partial charge in [0, 0.05) is 47.6 Å². The molecular weight excluding hydrogens is 637 g/mol. The lowest BCUT2D eigenvalue weighted by Crippen LogP contribution is -2.39. The summed E-state index contributed by atoms with van der Waals surface area (Å²) in [5, 5.41) is 7.00. The van der Waals surface area contributed by atoms with E-state index in [1.165, 1.54) is 23.6 Å². The number of benzene rings is 1. The van der Waals surface area contributed by atoms with Crippen LogP contribution in [0.25, 0.3) is 0 Å². The molecule has 0 bridgehead atoms. The van der Waals surface area contributed by atoms with Crippen LogP contribution < -0.4 is 0 Å². The Morgan fingerprint density at radius 2 is 1.98 bits per heavy atom. The molecule has 1 amide bonds. The molecule has 2 aromatic heterocycles. The van der Waals surface area contributed by atoms with Crippen LogP contribution in [0.3, 0.4) is 0 Å². The maximum Gasteiger partial charge on any atom is 0.419 e. The summed E-state index contributed by atoms with van der Waals surface area (Å²) in [6.45, 7) is 0.922. The molecule has 2 aliphatic rings. The summed E-state index contributed by atoms with van der Waals surface area (Å²) >= 11 is 8.60. The highest BCUT2D eigenvalue weighted by atomic mass is 35.5. The van der Waals surface area contributed by atoms with Gasteiger partial charge in [-0.3, -0.25) is 9.35 Å². The molecule has 0 radical (unpaired) electrons. The average Bonchev–Trinajstić information content (AvgIpc) is 3.61. The van der Waals surface area contributed by atoms with Crippen molar-refractivity contribution in [3.05, 3.63) is 74.3 Å². The topological polar surface area (TPSA) is 122 Å². The maximum absolute atomic E-state index is 13.2. The number of amides is 1. The van der Waals surface area contributed by atoms with E-state index in [9.17, 15) is 30.9 Å². The number of piperidine rings is 1. The number of halogens is 4. The Morgan fingerprint density at radius 1 is 1.21 bits per heavy atom. The number of oxime groups is 1. The third kappa shape index (κ3) is 7.25. The van der Waals surface area contributed by atoms with Gasteiger partial charge >= 0.3 is 6.18 Å². The molecule has 5 rings (SSSR count). The minimum Gasteiger partial charge on any atom is -0.387 e. The van der Waals surface area contributed by atoms with Crippen molar-refractivity contribution in [1.82, 2.24) is 14.9 Å². The largest absolute Gasteiger partial charge is 0.419 e. The zero-order valence-corrected chi connectivity index (χ0v) is 25.0. The van der Waals surface area contributed by atoms with E-state index in [0.717, 1.165) is 22.8 Å². The van der Waals surface area contributed by atoms with Crippen LogP contribution in [-0.2, 0) is 31.7 Å². The van der Waals surface area contributed by atoms with Crippen LogP contribution in [-0.4, -0.2) is 58.3 Å². The Bertz CT molecular complexity index is 1610. The fraction of sp³-hybridized carbons (Fsp3) is 0.385. The molecular formula is C26H24ClF3N4O5S3. The molecule has 1 saturated heterocycles. The van der Waals surface area contributed by atoms with Gasteiger partial charge < -0.3 is 9.74 Å². The minimum atomic E-state index is -4.54. The van der Waals surface area contributed by atoms with Crippen molar-refractivity contribution in [2.24, 2.45) is 5.16 Å². The second kappa shape index (κ2) is 12.5. The third-order valence-corrected chi connectivity index (χ3v) is 9.90. The van der Waals surface area contributed by atoms with E-state index in [0.29, 0.717) is 59.9 Å². The number of likely N-dealkylation sites (tertiary alicyclic amines) is 1. The van der Waals surface area contributed by atoms with Crippen LogP contribution in [0.5, 0.6) is 0 Å². The van der Waals surface area contributed by atoms with Gasteiger partial charge in [0.05, 0.1) is 22.0 Å². The zero-order valence-electron chi connectivity index (χ0n) is 21.8. The molecule has 9 nitrogen and oxygen atoms in total. The summed E-state index contributed by atoms with van der Waals surface area (Å²) in [6, 6.07) is 6.94. The van der Waals surface area contributed by atoms with Gasteiger partial charge in [-0.2, -0.15) is 21.6 Å². The second-order valence-electron chi connectivity index (χ2n) is 9.74. The number of aromatic nitrogens is 2. The Hall–Kier alpha value is -2.72. The standard InChI is InChI=1S/C26H24ClF3N4O5S3/c27-18-5-1-3-16(14-42(36,37)38)23(18)21-11-19(33-39-21)20-12-40-24(32-20)15-6-9-34(10-7-15)22(35)13-41-25-17(26(28,29)30)4-2-8-31-25/h1-5,8,12,15,21H,6-7,9-11,13-14H2,(H,36,37,38). The van der Waals surface area contributed by atoms with Crippen LogP contribution in [0.1, 0.15) is 58.7 Å². The molecule has 0 saturated carbocycles. The van der Waals surface area contributed by atoms with Crippen LogP contribution >= 0.6 is 34.7 Å². The highest BCUT2D eigenvalue weighted by Crippen LogP contribution is 2.38. The maximum atomic E-state index is 13.2. The lowest BCUT2D eigenvalue weighted by atomic mass is 9.97. The Morgan fingerprint density at radius 3 is 2.69 bits per heavy atom. The van der Waals surface area contributed by atoms with E-state index in [1.54, 1.807) is 23.1 Å². The normalized spacial score (nSPS) is 18.2. The molecule has 2 aliphatic heterocycles. The van der Waals surface area contributed by atoms with E-state index >= 15 is 0 Å². The summed E-state index contributed by atoms with van der Waals surface area (Å²) in [6.07, 6.45) is -2.28. The average molecular weight is 661 g/mol. The molecule has 3 aromatic rings. The van der Waals surface area contributed by atoms with Crippen LogP contribution in [0.15, 0.2) is 52.1 Å². The molecule has 16 heteroatoms. The van der Waals surface area contributed by atoms with Gasteiger partial charge in [0.2, 0.25) is 5.91 Å². The van der Waals surface area contributed by atoms with Crippen molar-refractivity contribution in [3.8, 4) is 0 Å². The predicted octanol–water partition coefficient (Wildman–Crippen LogP) is 5.96. The molecule has 1 atom stereocenters. The molecule has 4 heterocycles. The van der Waals surface area contributed by atoms with Gasteiger partial charge in [0.1, 0.15) is 16.5 Å². The van der Waals surface area contributed by atoms with E-state index in [4.69, 9.17) is 21.4 Å². The van der Waals surface area contributed by atoms with Crippen molar-refractivity contribution in [1.29, 1.82) is 0 Å². The van der Waals surface area contributed by atoms with Gasteiger partial charge in [-0.25, -0.2) is 9.97 Å². The van der Waals surface area contributed by atoms with Crippen molar-refractivity contribution >= 4 is 56.4 Å². The summed E-state index contributed by atoms with van der Waals surface area (Å²) in [5.74, 6) is -0.869. The van der Waals surface area contributed by atoms with E-state index < -0.39 is 33.7 Å². The Kier molecular flexibility index (Phi) is 9.13. The second-order valence-corrected chi connectivity index (χ2v) is 13.5. The Labute approximate surface area is 252 Å².